The molecule has 0 bridgehead atoms. The number of hydrogen-bond acceptors (Lipinski definition) is 5. The molecule has 2 aromatic carbocycles. The Morgan fingerprint density at radius 3 is 2.47 bits per heavy atom. The average molecular weight is 260 g/mol. The largest absolute Gasteiger partial charge is 0.355 e. The Bertz CT molecular complexity index is 624. The summed E-state index contributed by atoms with van der Waals surface area (Å²) in [6.45, 7) is 0. The number of nitrogens with one attached hydrogen (secondary N) is 2. The van der Waals surface area contributed by atoms with E-state index in [1.807, 2.05) is 18.2 Å². The normalized spacial score (nSPS) is 10.2. The summed E-state index contributed by atoms with van der Waals surface area (Å²) in [7, 11) is 0. The van der Waals surface area contributed by atoms with Crippen LogP contribution in [0.4, 0.5) is 4.79 Å². The topological polar surface area (TPSA) is 108 Å². The molecule has 0 atom stereocenters. The second-order valence-corrected chi connectivity index (χ2v) is 3.72. The molecule has 98 valence electrons. The van der Waals surface area contributed by atoms with Crippen LogP contribution in [0, 0.1) is 0 Å². The zero-order valence-electron chi connectivity index (χ0n) is 9.83. The minimum Gasteiger partial charge on any atom is -0.296 e. The molecule has 0 spiro atoms. The van der Waals surface area contributed by atoms with Gasteiger partial charge in [-0.2, -0.15) is 5.01 Å². The van der Waals surface area contributed by atoms with Crippen LogP contribution in [0.3, 0.4) is 0 Å². The average Bonchev–Trinajstić information content (AvgIpc) is 2.47. The Morgan fingerprint density at radius 1 is 1.11 bits per heavy atom. The third-order valence-corrected chi connectivity index (χ3v) is 2.65. The second kappa shape index (κ2) is 5.44. The molecular weight excluding hydrogens is 248 g/mol. The molecule has 0 aliphatic carbocycles. The number of fused-ring (bicyclic) bond motifs is 1. The van der Waals surface area contributed by atoms with Crippen molar-refractivity contribution in [3.05, 3.63) is 48.0 Å². The van der Waals surface area contributed by atoms with Crippen LogP contribution in [0.2, 0.25) is 0 Å². The molecule has 0 saturated carbocycles. The van der Waals surface area contributed by atoms with Crippen LogP contribution in [0.15, 0.2) is 42.5 Å². The standard InChI is InChI=1S/C12H12N4O3/c13-14-12(18)16(15-19)11(17)10-7-3-5-8-4-1-2-6-9(8)10/h1-7,15,19H,13H2,(H,14,18). The number of benzene rings is 2. The fraction of sp³-hybridized carbons (Fsp3) is 0. The lowest BCUT2D eigenvalue weighted by atomic mass is 10.0. The van der Waals surface area contributed by atoms with Crippen LogP contribution >= 0.6 is 0 Å². The van der Waals surface area contributed by atoms with E-state index in [1.165, 1.54) is 5.59 Å². The van der Waals surface area contributed by atoms with E-state index in [-0.39, 0.29) is 5.56 Å². The highest BCUT2D eigenvalue weighted by Gasteiger charge is 2.23. The molecule has 2 rings (SSSR count). The van der Waals surface area contributed by atoms with Gasteiger partial charge in [0.05, 0.1) is 0 Å². The molecule has 0 aliphatic rings. The number of hydrogen-bond donors (Lipinski definition) is 4. The van der Waals surface area contributed by atoms with Crippen molar-refractivity contribution in [2.24, 2.45) is 5.84 Å². The Morgan fingerprint density at radius 2 is 1.79 bits per heavy atom. The van der Waals surface area contributed by atoms with Crippen molar-refractivity contribution in [1.29, 1.82) is 0 Å². The SMILES string of the molecule is NNC(=O)N(NO)C(=O)c1cccc2ccccc12. The van der Waals surface area contributed by atoms with Gasteiger partial charge in [-0.05, 0) is 16.8 Å². The van der Waals surface area contributed by atoms with Gasteiger partial charge in [0.1, 0.15) is 0 Å². The maximum Gasteiger partial charge on any atom is 0.355 e. The number of hydrazine groups is 2. The number of amides is 3. The van der Waals surface area contributed by atoms with Gasteiger partial charge < -0.3 is 0 Å². The maximum atomic E-state index is 12.2. The lowest BCUT2D eigenvalue weighted by Crippen LogP contribution is -2.52. The first kappa shape index (κ1) is 13.0. The summed E-state index contributed by atoms with van der Waals surface area (Å²) in [5.74, 6) is 4.21. The minimum atomic E-state index is -0.972. The number of nitrogens with two attached hydrogens (primary N) is 1. The molecule has 0 unspecified atom stereocenters. The highest BCUT2D eigenvalue weighted by atomic mass is 16.5. The van der Waals surface area contributed by atoms with Crippen molar-refractivity contribution in [1.82, 2.24) is 16.0 Å². The van der Waals surface area contributed by atoms with E-state index in [0.717, 1.165) is 5.39 Å². The number of urea groups is 1. The number of carbonyl (C=O) groups excluding carboxylic acids is 2. The molecule has 19 heavy (non-hydrogen) atoms. The van der Waals surface area contributed by atoms with Gasteiger partial charge in [0.15, 0.2) is 0 Å². The summed E-state index contributed by atoms with van der Waals surface area (Å²) >= 11 is 0. The summed E-state index contributed by atoms with van der Waals surface area (Å²) in [6, 6.07) is 11.3. The third-order valence-electron chi connectivity index (χ3n) is 2.65. The zero-order valence-corrected chi connectivity index (χ0v) is 9.83. The van der Waals surface area contributed by atoms with Crippen LogP contribution < -0.4 is 16.9 Å². The summed E-state index contributed by atoms with van der Waals surface area (Å²) in [6.07, 6.45) is 0. The summed E-state index contributed by atoms with van der Waals surface area (Å²) in [5, 5.41) is 10.8. The van der Waals surface area contributed by atoms with E-state index in [9.17, 15) is 9.59 Å². The molecule has 0 heterocycles. The molecule has 3 amide bonds. The Balaban J connectivity index is 2.49. The molecule has 7 heteroatoms. The molecule has 5 N–H and O–H groups in total. The van der Waals surface area contributed by atoms with E-state index in [0.29, 0.717) is 10.4 Å². The van der Waals surface area contributed by atoms with E-state index in [2.05, 4.69) is 0 Å². The van der Waals surface area contributed by atoms with Crippen LogP contribution in [0.5, 0.6) is 0 Å². The lowest BCUT2D eigenvalue weighted by Gasteiger charge is -2.17. The van der Waals surface area contributed by atoms with E-state index < -0.39 is 11.9 Å². The number of imide groups is 1. The Labute approximate surface area is 108 Å². The van der Waals surface area contributed by atoms with Gasteiger partial charge in [0.2, 0.25) is 0 Å². The summed E-state index contributed by atoms with van der Waals surface area (Å²) in [5.41, 5.74) is 3.53. The molecule has 7 nitrogen and oxygen atoms in total. The molecule has 0 radical (unpaired) electrons. The highest BCUT2D eigenvalue weighted by molar-refractivity contribution is 6.11. The van der Waals surface area contributed by atoms with Crippen molar-refractivity contribution in [3.63, 3.8) is 0 Å². The Hall–Kier alpha value is -2.48. The van der Waals surface area contributed by atoms with Gasteiger partial charge in [0, 0.05) is 5.56 Å². The van der Waals surface area contributed by atoms with Gasteiger partial charge in [-0.15, -0.1) is 5.59 Å². The first-order chi connectivity index (χ1) is 9.19. The van der Waals surface area contributed by atoms with Crippen molar-refractivity contribution in [2.45, 2.75) is 0 Å². The monoisotopic (exact) mass is 260 g/mol. The fourth-order valence-electron chi connectivity index (χ4n) is 1.78. The van der Waals surface area contributed by atoms with Gasteiger partial charge in [-0.1, -0.05) is 36.4 Å². The van der Waals surface area contributed by atoms with Crippen LogP contribution in [-0.2, 0) is 0 Å². The van der Waals surface area contributed by atoms with Gasteiger partial charge in [-0.25, -0.2) is 10.6 Å². The Kier molecular flexibility index (Phi) is 3.71. The first-order valence-electron chi connectivity index (χ1n) is 5.41. The van der Waals surface area contributed by atoms with Crippen molar-refractivity contribution in [3.8, 4) is 0 Å². The molecule has 2 aromatic rings. The number of carbonyl (C=O) groups is 2. The maximum absolute atomic E-state index is 12.2. The molecule has 0 aromatic heterocycles. The predicted octanol–water partition coefficient (Wildman–Crippen LogP) is 0.759. The van der Waals surface area contributed by atoms with Gasteiger partial charge >= 0.3 is 6.03 Å². The lowest BCUT2D eigenvalue weighted by molar-refractivity contribution is 0.0118. The van der Waals surface area contributed by atoms with Crippen LogP contribution in [0.1, 0.15) is 10.4 Å². The van der Waals surface area contributed by atoms with Crippen LogP contribution in [-0.4, -0.2) is 22.2 Å². The van der Waals surface area contributed by atoms with Crippen molar-refractivity contribution < 1.29 is 14.8 Å². The quantitative estimate of drug-likeness (QED) is 0.362. The summed E-state index contributed by atoms with van der Waals surface area (Å²) in [4.78, 5) is 23.5. The smallest absolute Gasteiger partial charge is 0.296 e. The molecular formula is C12H12N4O3. The van der Waals surface area contributed by atoms with Crippen LogP contribution in [0.25, 0.3) is 10.8 Å². The zero-order chi connectivity index (χ0) is 13.8. The van der Waals surface area contributed by atoms with Crippen molar-refractivity contribution in [2.75, 3.05) is 0 Å². The summed E-state index contributed by atoms with van der Waals surface area (Å²) < 4.78 is 0. The highest BCUT2D eigenvalue weighted by Crippen LogP contribution is 2.19. The third kappa shape index (κ3) is 2.38. The van der Waals surface area contributed by atoms with Crippen molar-refractivity contribution >= 4 is 22.7 Å². The fourth-order valence-corrected chi connectivity index (χ4v) is 1.78. The molecule has 0 aliphatic heterocycles. The van der Waals surface area contributed by atoms with E-state index in [1.54, 1.807) is 29.7 Å². The van der Waals surface area contributed by atoms with E-state index >= 15 is 0 Å². The first-order valence-corrected chi connectivity index (χ1v) is 5.41. The number of nitrogens with zero attached hydrogens (tertiary/aromatic N) is 1. The number of rotatable bonds is 2. The second-order valence-electron chi connectivity index (χ2n) is 3.72. The predicted molar refractivity (Wildman–Crippen MR) is 67.8 cm³/mol. The van der Waals surface area contributed by atoms with Gasteiger partial charge in [0.25, 0.3) is 5.91 Å². The minimum absolute atomic E-state index is 0.267. The van der Waals surface area contributed by atoms with E-state index in [4.69, 9.17) is 11.0 Å². The molecule has 0 fully saturated rings. The molecule has 0 saturated heterocycles. The van der Waals surface area contributed by atoms with Gasteiger partial charge in [-0.3, -0.25) is 15.4 Å².